The maximum atomic E-state index is 14.5. The second-order valence-electron chi connectivity index (χ2n) is 16.0. The highest BCUT2D eigenvalue weighted by Crippen LogP contribution is 2.61. The fourth-order valence-corrected chi connectivity index (χ4v) is 10.3. The van der Waals surface area contributed by atoms with E-state index in [1.54, 1.807) is 6.92 Å². The molecule has 6 aliphatic heterocycles. The molecule has 12 atom stereocenters. The summed E-state index contributed by atoms with van der Waals surface area (Å²) in [7, 11) is 0. The Morgan fingerprint density at radius 3 is 2.17 bits per heavy atom. The van der Waals surface area contributed by atoms with Crippen molar-refractivity contribution in [2.45, 2.75) is 135 Å². The normalized spacial score (nSPS) is 41.5. The highest BCUT2D eigenvalue weighted by atomic mass is 19.4. The van der Waals surface area contributed by atoms with Crippen molar-refractivity contribution in [3.8, 4) is 0 Å². The molecule has 0 amide bonds. The highest BCUT2D eigenvalue weighted by Gasteiger charge is 2.68. The van der Waals surface area contributed by atoms with Crippen LogP contribution < -0.4 is 0 Å². The van der Waals surface area contributed by atoms with E-state index in [0.29, 0.717) is 38.5 Å². The molecule has 6 fully saturated rings. The van der Waals surface area contributed by atoms with Gasteiger partial charge in [0.05, 0.1) is 18.9 Å². The minimum absolute atomic E-state index is 0.0454. The number of hydrogen-bond donors (Lipinski definition) is 0. The van der Waals surface area contributed by atoms with Crippen LogP contribution in [-0.2, 0) is 47.8 Å². The summed E-state index contributed by atoms with van der Waals surface area (Å²) < 4.78 is 120. The van der Waals surface area contributed by atoms with Gasteiger partial charge in [0.2, 0.25) is 24.1 Å². The minimum Gasteiger partial charge on any atom is -0.461 e. The SMILES string of the molecule is C[C@@H]1CC[C@@]2(C)C(COC(=O)CCC(=O)OCC3=C(C(F)(F)F)O[C@@H]4O[C@H]5CCC6[C@H](C)CC[C@@H]3[C@]64OO5)=C(C(F)(F)F)O[C@@H]3O[C@@H](C)CCC1[C@@H]32. The Balaban J connectivity index is 1.02. The first kappa shape index (κ1) is 37.7. The van der Waals surface area contributed by atoms with Crippen LogP contribution in [0.1, 0.15) is 91.9 Å². The molecule has 8 aliphatic rings. The number of ether oxygens (including phenoxy) is 6. The van der Waals surface area contributed by atoms with Gasteiger partial charge >= 0.3 is 24.3 Å². The van der Waals surface area contributed by atoms with Gasteiger partial charge in [0.25, 0.3) is 0 Å². The lowest BCUT2D eigenvalue weighted by molar-refractivity contribution is -0.528. The first-order chi connectivity index (χ1) is 24.4. The van der Waals surface area contributed by atoms with Gasteiger partial charge in [0, 0.05) is 40.7 Å². The molecule has 2 bridgehead atoms. The Morgan fingerprint density at radius 1 is 0.788 bits per heavy atom. The molecule has 6 heterocycles. The summed E-state index contributed by atoms with van der Waals surface area (Å²) in [5.41, 5.74) is -2.87. The van der Waals surface area contributed by atoms with Crippen LogP contribution in [0.15, 0.2) is 22.7 Å². The quantitative estimate of drug-likeness (QED) is 0.147. The van der Waals surface area contributed by atoms with Crippen LogP contribution in [0.3, 0.4) is 0 Å². The number of carbonyl (C=O) groups excluding carboxylic acids is 2. The largest absolute Gasteiger partial charge is 0.461 e. The maximum Gasteiger partial charge on any atom is 0.449 e. The fraction of sp³-hybridized carbons (Fsp3) is 0.833. The average molecular weight is 753 g/mol. The van der Waals surface area contributed by atoms with Crippen LogP contribution in [0, 0.1) is 40.9 Å². The lowest BCUT2D eigenvalue weighted by Gasteiger charge is -2.56. The lowest BCUT2D eigenvalue weighted by Crippen LogP contribution is -2.66. The molecule has 2 aliphatic carbocycles. The first-order valence-corrected chi connectivity index (χ1v) is 18.3. The minimum atomic E-state index is -4.93. The number of allylic oxidation sites excluding steroid dienone is 2. The summed E-state index contributed by atoms with van der Waals surface area (Å²) in [6, 6.07) is 0. The van der Waals surface area contributed by atoms with Gasteiger partial charge in [-0.3, -0.25) is 9.59 Å². The molecule has 0 N–H and O–H groups in total. The summed E-state index contributed by atoms with van der Waals surface area (Å²) in [5, 5.41) is 0. The lowest BCUT2D eigenvalue weighted by atomic mass is 9.54. The molecule has 2 saturated carbocycles. The van der Waals surface area contributed by atoms with Crippen LogP contribution in [0.5, 0.6) is 0 Å². The van der Waals surface area contributed by atoms with Crippen molar-refractivity contribution in [2.24, 2.45) is 40.9 Å². The molecule has 292 valence electrons. The zero-order valence-electron chi connectivity index (χ0n) is 29.6. The predicted molar refractivity (Wildman–Crippen MR) is 165 cm³/mol. The maximum absolute atomic E-state index is 14.5. The van der Waals surface area contributed by atoms with Gasteiger partial charge in [-0.05, 0) is 69.6 Å². The van der Waals surface area contributed by atoms with Crippen molar-refractivity contribution >= 4 is 11.9 Å². The van der Waals surface area contributed by atoms with E-state index in [1.807, 2.05) is 13.8 Å². The Hall–Kier alpha value is -2.56. The molecule has 1 spiro atoms. The monoisotopic (exact) mass is 752 g/mol. The van der Waals surface area contributed by atoms with Crippen molar-refractivity contribution in [1.29, 1.82) is 0 Å². The second-order valence-corrected chi connectivity index (χ2v) is 16.0. The Morgan fingerprint density at radius 2 is 1.48 bits per heavy atom. The third-order valence-corrected chi connectivity index (χ3v) is 12.9. The summed E-state index contributed by atoms with van der Waals surface area (Å²) in [5.74, 6) is -5.65. The fourth-order valence-electron chi connectivity index (χ4n) is 10.3. The second kappa shape index (κ2) is 13.6. The molecule has 52 heavy (non-hydrogen) atoms. The van der Waals surface area contributed by atoms with Gasteiger partial charge in [0.1, 0.15) is 13.2 Å². The summed E-state index contributed by atoms with van der Waals surface area (Å²) >= 11 is 0. The number of alkyl halides is 6. The summed E-state index contributed by atoms with van der Waals surface area (Å²) in [4.78, 5) is 37.0. The van der Waals surface area contributed by atoms with Gasteiger partial charge in [0.15, 0.2) is 11.9 Å². The van der Waals surface area contributed by atoms with Crippen LogP contribution in [-0.4, -0.2) is 68.1 Å². The van der Waals surface area contributed by atoms with Crippen LogP contribution in [0.25, 0.3) is 0 Å². The zero-order chi connectivity index (χ0) is 37.4. The van der Waals surface area contributed by atoms with Crippen molar-refractivity contribution in [3.05, 3.63) is 22.7 Å². The van der Waals surface area contributed by atoms with E-state index >= 15 is 0 Å². The van der Waals surface area contributed by atoms with Crippen LogP contribution >= 0.6 is 0 Å². The number of esters is 2. The van der Waals surface area contributed by atoms with E-state index in [-0.39, 0.29) is 53.3 Å². The van der Waals surface area contributed by atoms with Crippen molar-refractivity contribution < 1.29 is 74.1 Å². The molecular formula is C36H46F6O10. The van der Waals surface area contributed by atoms with E-state index in [9.17, 15) is 35.9 Å². The Bertz CT molecular complexity index is 1480. The zero-order valence-corrected chi connectivity index (χ0v) is 29.6. The number of hydrogen-bond acceptors (Lipinski definition) is 10. The number of fused-ring (bicyclic) bond motifs is 2. The number of halogens is 6. The molecular weight excluding hydrogens is 706 g/mol. The van der Waals surface area contributed by atoms with E-state index < -0.39 is 97.7 Å². The van der Waals surface area contributed by atoms with Crippen molar-refractivity contribution in [2.75, 3.05) is 13.2 Å². The van der Waals surface area contributed by atoms with Gasteiger partial charge in [-0.1, -0.05) is 20.8 Å². The van der Waals surface area contributed by atoms with Crippen LogP contribution in [0.4, 0.5) is 26.3 Å². The van der Waals surface area contributed by atoms with Gasteiger partial charge in [-0.2, -0.15) is 26.3 Å². The molecule has 10 nitrogen and oxygen atoms in total. The molecule has 2 unspecified atom stereocenters. The van der Waals surface area contributed by atoms with Crippen molar-refractivity contribution in [1.82, 2.24) is 0 Å². The predicted octanol–water partition coefficient (Wildman–Crippen LogP) is 7.57. The first-order valence-electron chi connectivity index (χ1n) is 18.3. The number of rotatable bonds is 7. The highest BCUT2D eigenvalue weighted by molar-refractivity contribution is 5.77. The Kier molecular flexibility index (Phi) is 9.89. The van der Waals surface area contributed by atoms with Crippen molar-refractivity contribution in [3.63, 3.8) is 0 Å². The van der Waals surface area contributed by atoms with E-state index in [2.05, 4.69) is 6.92 Å². The molecule has 0 radical (unpaired) electrons. The molecule has 16 heteroatoms. The van der Waals surface area contributed by atoms with E-state index in [4.69, 9.17) is 38.2 Å². The average Bonchev–Trinajstić information content (AvgIpc) is 3.45. The van der Waals surface area contributed by atoms with E-state index in [1.165, 1.54) is 0 Å². The topological polar surface area (TPSA) is 108 Å². The molecule has 0 aromatic heterocycles. The summed E-state index contributed by atoms with van der Waals surface area (Å²) in [6.45, 7) is 6.16. The molecule has 8 rings (SSSR count). The third-order valence-electron chi connectivity index (χ3n) is 12.9. The number of carbonyl (C=O) groups is 2. The van der Waals surface area contributed by atoms with Gasteiger partial charge < -0.3 is 28.4 Å². The van der Waals surface area contributed by atoms with Gasteiger partial charge in [-0.25, -0.2) is 9.78 Å². The standard InChI is InChI=1S/C36H46F6O10/c1-17-13-14-33(4)24(30(36(40,41)42)49-31-28(33)20(17)7-6-19(3)47-31)16-46-26(44)11-10-25(43)45-15-21-23-8-5-18(2)22-9-12-27-48-32(34(22,23)52-51-27)50-29(21)35(37,38)39/h17-20,22-23,27-28,31-32H,5-16H2,1-4H3/t17-,18-,19+,20?,22?,23+,27-,28+,31+,32+,33+,34-/m1/s1. The van der Waals surface area contributed by atoms with Crippen LogP contribution in [0.2, 0.25) is 0 Å². The molecule has 0 aromatic carbocycles. The van der Waals surface area contributed by atoms with Gasteiger partial charge in [-0.15, -0.1) is 0 Å². The third kappa shape index (κ3) is 6.50. The molecule has 0 aromatic rings. The Labute approximate surface area is 297 Å². The molecule has 4 saturated heterocycles. The van der Waals surface area contributed by atoms with E-state index in [0.717, 1.165) is 6.42 Å². The summed E-state index contributed by atoms with van der Waals surface area (Å²) in [6.07, 6.45) is -10.2. The smallest absolute Gasteiger partial charge is 0.449 e.